The Morgan fingerprint density at radius 2 is 1.91 bits per heavy atom. The molecule has 0 aliphatic rings. The van der Waals surface area contributed by atoms with Crippen LogP contribution in [0.4, 0.5) is 0 Å². The molecule has 11 heavy (non-hydrogen) atoms. The number of aliphatic hydroxyl groups is 1. The molecule has 0 fully saturated rings. The highest BCUT2D eigenvalue weighted by Crippen LogP contribution is 2.00. The van der Waals surface area contributed by atoms with Crippen molar-refractivity contribution in [1.29, 1.82) is 0 Å². The Hall–Kier alpha value is -0.130. The summed E-state index contributed by atoms with van der Waals surface area (Å²) in [5, 5.41) is 8.73. The van der Waals surface area contributed by atoms with Gasteiger partial charge in [0.25, 0.3) is 0 Å². The van der Waals surface area contributed by atoms with Gasteiger partial charge in [-0.2, -0.15) is 0 Å². The maximum atomic E-state index is 10.7. The largest absolute Gasteiger partial charge is 0.395 e. The Kier molecular flexibility index (Phi) is 3.99. The van der Waals surface area contributed by atoms with Crippen molar-refractivity contribution in [2.45, 2.75) is 19.9 Å². The molecule has 1 atom stereocenters. The lowest BCUT2D eigenvalue weighted by atomic mass is 10.1. The zero-order chi connectivity index (χ0) is 9.07. The van der Waals surface area contributed by atoms with Gasteiger partial charge in [-0.15, -0.1) is 0 Å². The number of aliphatic hydroxyl groups excluding tert-OH is 1. The molecular weight excluding hydrogens is 166 g/mol. The van der Waals surface area contributed by atoms with Crippen LogP contribution in [0.2, 0.25) is 0 Å². The van der Waals surface area contributed by atoms with Crippen LogP contribution in [-0.2, 0) is 10.0 Å². The minimum Gasteiger partial charge on any atom is -0.395 e. The van der Waals surface area contributed by atoms with Crippen LogP contribution < -0.4 is 4.72 Å². The Bertz CT molecular complexity index is 198. The standard InChI is InChI=1S/C6H15NO3S/c1-5(2)6(4-8)7-11(3,9)10/h5-8H,4H2,1-3H3. The van der Waals surface area contributed by atoms with E-state index in [0.29, 0.717) is 0 Å². The Balaban J connectivity index is 4.10. The van der Waals surface area contributed by atoms with Crippen molar-refractivity contribution in [3.8, 4) is 0 Å². The summed E-state index contributed by atoms with van der Waals surface area (Å²) >= 11 is 0. The van der Waals surface area contributed by atoms with Crippen LogP contribution in [0.3, 0.4) is 0 Å². The van der Waals surface area contributed by atoms with Crippen molar-refractivity contribution >= 4 is 10.0 Å². The molecule has 0 spiro atoms. The van der Waals surface area contributed by atoms with Crippen molar-refractivity contribution in [3.05, 3.63) is 0 Å². The molecule has 0 aromatic rings. The van der Waals surface area contributed by atoms with Gasteiger partial charge >= 0.3 is 0 Å². The van der Waals surface area contributed by atoms with Gasteiger partial charge in [-0.05, 0) is 5.92 Å². The fourth-order valence-electron chi connectivity index (χ4n) is 0.659. The normalized spacial score (nSPS) is 15.4. The van der Waals surface area contributed by atoms with Crippen LogP contribution in [0.15, 0.2) is 0 Å². The van der Waals surface area contributed by atoms with Gasteiger partial charge in [0.2, 0.25) is 10.0 Å². The highest BCUT2D eigenvalue weighted by Gasteiger charge is 2.15. The van der Waals surface area contributed by atoms with Gasteiger partial charge in [0, 0.05) is 6.04 Å². The monoisotopic (exact) mass is 181 g/mol. The second-order valence-electron chi connectivity index (χ2n) is 2.92. The lowest BCUT2D eigenvalue weighted by Crippen LogP contribution is -2.40. The van der Waals surface area contributed by atoms with Crippen molar-refractivity contribution < 1.29 is 13.5 Å². The molecule has 5 heteroatoms. The maximum Gasteiger partial charge on any atom is 0.209 e. The highest BCUT2D eigenvalue weighted by atomic mass is 32.2. The number of rotatable bonds is 4. The van der Waals surface area contributed by atoms with Crippen LogP contribution in [0, 0.1) is 5.92 Å². The molecule has 0 aromatic carbocycles. The molecule has 0 saturated carbocycles. The summed E-state index contributed by atoms with van der Waals surface area (Å²) in [5.41, 5.74) is 0. The van der Waals surface area contributed by atoms with E-state index in [1.54, 1.807) is 0 Å². The van der Waals surface area contributed by atoms with E-state index in [1.807, 2.05) is 13.8 Å². The molecule has 0 aromatic heterocycles. The smallest absolute Gasteiger partial charge is 0.209 e. The second kappa shape index (κ2) is 4.04. The van der Waals surface area contributed by atoms with E-state index in [4.69, 9.17) is 5.11 Å². The number of hydrogen-bond donors (Lipinski definition) is 2. The minimum atomic E-state index is -3.19. The molecule has 1 unspecified atom stereocenters. The first-order valence-corrected chi connectivity index (χ1v) is 5.34. The first-order chi connectivity index (χ1) is 4.87. The van der Waals surface area contributed by atoms with Crippen LogP contribution in [-0.4, -0.2) is 32.4 Å². The third kappa shape index (κ3) is 5.17. The Morgan fingerprint density at radius 3 is 2.00 bits per heavy atom. The molecule has 0 aliphatic heterocycles. The van der Waals surface area contributed by atoms with Gasteiger partial charge in [0.1, 0.15) is 0 Å². The molecule has 0 rings (SSSR count). The lowest BCUT2D eigenvalue weighted by Gasteiger charge is -2.17. The molecule has 0 saturated heterocycles. The van der Waals surface area contributed by atoms with E-state index in [9.17, 15) is 8.42 Å². The molecule has 0 amide bonds. The van der Waals surface area contributed by atoms with Crippen LogP contribution in [0.1, 0.15) is 13.8 Å². The van der Waals surface area contributed by atoms with Crippen molar-refractivity contribution in [3.63, 3.8) is 0 Å². The van der Waals surface area contributed by atoms with Gasteiger partial charge in [-0.3, -0.25) is 0 Å². The predicted octanol–water partition coefficient (Wildman–Crippen LogP) is -0.448. The molecule has 68 valence electrons. The minimum absolute atomic E-state index is 0.106. The summed E-state index contributed by atoms with van der Waals surface area (Å²) < 4.78 is 23.7. The molecule has 0 radical (unpaired) electrons. The fraction of sp³-hybridized carbons (Fsp3) is 1.00. The zero-order valence-electron chi connectivity index (χ0n) is 7.03. The van der Waals surface area contributed by atoms with Gasteiger partial charge in [-0.1, -0.05) is 13.8 Å². The number of sulfonamides is 1. The van der Waals surface area contributed by atoms with E-state index < -0.39 is 10.0 Å². The van der Waals surface area contributed by atoms with Crippen molar-refractivity contribution in [1.82, 2.24) is 4.72 Å². The van der Waals surface area contributed by atoms with Crippen molar-refractivity contribution in [2.75, 3.05) is 12.9 Å². The van der Waals surface area contributed by atoms with E-state index in [-0.39, 0.29) is 18.6 Å². The Labute approximate surface area is 67.7 Å². The molecule has 0 bridgehead atoms. The average molecular weight is 181 g/mol. The Morgan fingerprint density at radius 1 is 1.45 bits per heavy atom. The first kappa shape index (κ1) is 10.9. The average Bonchev–Trinajstić information content (AvgIpc) is 1.80. The molecule has 2 N–H and O–H groups in total. The van der Waals surface area contributed by atoms with Crippen molar-refractivity contribution in [2.24, 2.45) is 5.92 Å². The fourth-order valence-corrected chi connectivity index (χ4v) is 1.56. The predicted molar refractivity (Wildman–Crippen MR) is 43.7 cm³/mol. The summed E-state index contributed by atoms with van der Waals surface area (Å²) in [4.78, 5) is 0. The number of nitrogens with one attached hydrogen (secondary N) is 1. The van der Waals surface area contributed by atoms with Crippen LogP contribution >= 0.6 is 0 Å². The highest BCUT2D eigenvalue weighted by molar-refractivity contribution is 7.88. The van der Waals surface area contributed by atoms with Crippen LogP contribution in [0.5, 0.6) is 0 Å². The molecule has 0 heterocycles. The molecule has 4 nitrogen and oxygen atoms in total. The van der Waals surface area contributed by atoms with E-state index in [0.717, 1.165) is 6.26 Å². The third-order valence-electron chi connectivity index (χ3n) is 1.37. The molecular formula is C6H15NO3S. The SMILES string of the molecule is CC(C)C(CO)NS(C)(=O)=O. The maximum absolute atomic E-state index is 10.7. The van der Waals surface area contributed by atoms with Crippen LogP contribution in [0.25, 0.3) is 0 Å². The number of hydrogen-bond acceptors (Lipinski definition) is 3. The van der Waals surface area contributed by atoms with Gasteiger partial charge in [-0.25, -0.2) is 13.1 Å². The van der Waals surface area contributed by atoms with Gasteiger partial charge in [0.05, 0.1) is 12.9 Å². The summed E-state index contributed by atoms with van der Waals surface area (Å²) in [6, 6.07) is -0.370. The second-order valence-corrected chi connectivity index (χ2v) is 4.70. The summed E-state index contributed by atoms with van der Waals surface area (Å²) in [7, 11) is -3.19. The van der Waals surface area contributed by atoms with Gasteiger partial charge < -0.3 is 5.11 Å². The zero-order valence-corrected chi connectivity index (χ0v) is 7.85. The first-order valence-electron chi connectivity index (χ1n) is 3.45. The van der Waals surface area contributed by atoms with E-state index in [2.05, 4.69) is 4.72 Å². The molecule has 0 aliphatic carbocycles. The van der Waals surface area contributed by atoms with E-state index >= 15 is 0 Å². The van der Waals surface area contributed by atoms with Gasteiger partial charge in [0.15, 0.2) is 0 Å². The summed E-state index contributed by atoms with van der Waals surface area (Å²) in [6.45, 7) is 3.53. The quantitative estimate of drug-likeness (QED) is 0.617. The topological polar surface area (TPSA) is 66.4 Å². The summed E-state index contributed by atoms with van der Waals surface area (Å²) in [6.07, 6.45) is 1.08. The third-order valence-corrected chi connectivity index (χ3v) is 2.10. The summed E-state index contributed by atoms with van der Waals surface area (Å²) in [5.74, 6) is 0.106. The van der Waals surface area contributed by atoms with E-state index in [1.165, 1.54) is 0 Å². The lowest BCUT2D eigenvalue weighted by molar-refractivity contribution is 0.228.